The van der Waals surface area contributed by atoms with Crippen molar-refractivity contribution in [1.82, 2.24) is 4.90 Å². The summed E-state index contributed by atoms with van der Waals surface area (Å²) in [6.07, 6.45) is 2.61. The lowest BCUT2D eigenvalue weighted by atomic mass is 10.2. The lowest BCUT2D eigenvalue weighted by Crippen LogP contribution is -2.67. The summed E-state index contributed by atoms with van der Waals surface area (Å²) in [6, 6.07) is 22.5. The molecule has 3 rings (SSSR count). The third-order valence-electron chi connectivity index (χ3n) is 5.07. The maximum absolute atomic E-state index is 6.89. The number of hydrogen-bond acceptors (Lipinski definition) is 2. The largest absolute Gasteiger partial charge is 0.395 e. The molecule has 0 radical (unpaired) electrons. The van der Waals surface area contributed by atoms with Gasteiger partial charge in [-0.25, -0.2) is 0 Å². The van der Waals surface area contributed by atoms with E-state index in [1.165, 1.54) is 23.2 Å². The first kappa shape index (κ1) is 17.4. The van der Waals surface area contributed by atoms with Crippen molar-refractivity contribution in [3.8, 4) is 0 Å². The molecular formula is C21H29NOSi. The van der Waals surface area contributed by atoms with Gasteiger partial charge in [-0.15, -0.1) is 0 Å². The normalized spacial score (nSPS) is 15.7. The number of rotatable bonds is 6. The molecule has 0 spiro atoms. The topological polar surface area (TPSA) is 12.5 Å². The van der Waals surface area contributed by atoms with Gasteiger partial charge in [-0.2, -0.15) is 0 Å². The third kappa shape index (κ3) is 3.34. The van der Waals surface area contributed by atoms with Crippen LogP contribution in [0.4, 0.5) is 0 Å². The molecule has 1 fully saturated rings. The minimum Gasteiger partial charge on any atom is -0.395 e. The summed E-state index contributed by atoms with van der Waals surface area (Å²) in [5.74, 6) is 0. The molecule has 0 saturated heterocycles. The zero-order valence-corrected chi connectivity index (χ0v) is 16.3. The highest BCUT2D eigenvalue weighted by atomic mass is 28.4. The molecule has 24 heavy (non-hydrogen) atoms. The average Bonchev–Trinajstić information content (AvgIpc) is 3.41. The van der Waals surface area contributed by atoms with Gasteiger partial charge in [0.15, 0.2) is 0 Å². The SMILES string of the molecule is CN(CO[Si](c1ccccc1)(c1ccccc1)C(C)(C)C)C1CC1. The van der Waals surface area contributed by atoms with E-state index >= 15 is 0 Å². The van der Waals surface area contributed by atoms with E-state index in [0.717, 1.165) is 0 Å². The Morgan fingerprint density at radius 2 is 1.38 bits per heavy atom. The van der Waals surface area contributed by atoms with Crippen LogP contribution >= 0.6 is 0 Å². The van der Waals surface area contributed by atoms with Gasteiger partial charge in [0.25, 0.3) is 8.32 Å². The highest BCUT2D eigenvalue weighted by molar-refractivity contribution is 6.99. The van der Waals surface area contributed by atoms with Crippen molar-refractivity contribution in [3.05, 3.63) is 60.7 Å². The van der Waals surface area contributed by atoms with Gasteiger partial charge >= 0.3 is 0 Å². The van der Waals surface area contributed by atoms with E-state index in [4.69, 9.17) is 4.43 Å². The van der Waals surface area contributed by atoms with Crippen molar-refractivity contribution >= 4 is 18.7 Å². The first-order valence-corrected chi connectivity index (χ1v) is 10.8. The molecular weight excluding hydrogens is 310 g/mol. The lowest BCUT2D eigenvalue weighted by molar-refractivity contribution is 0.137. The van der Waals surface area contributed by atoms with Crippen LogP contribution in [0, 0.1) is 0 Å². The predicted octanol–water partition coefficient (Wildman–Crippen LogP) is 3.61. The summed E-state index contributed by atoms with van der Waals surface area (Å²) >= 11 is 0. The van der Waals surface area contributed by atoms with Crippen LogP contribution in [0.1, 0.15) is 33.6 Å². The van der Waals surface area contributed by atoms with Gasteiger partial charge in [-0.05, 0) is 35.3 Å². The molecule has 3 heteroatoms. The van der Waals surface area contributed by atoms with Crippen LogP contribution in [0.15, 0.2) is 60.7 Å². The molecule has 0 atom stereocenters. The van der Waals surface area contributed by atoms with Crippen molar-refractivity contribution in [2.75, 3.05) is 13.8 Å². The van der Waals surface area contributed by atoms with Crippen LogP contribution in [-0.4, -0.2) is 33.0 Å². The molecule has 2 nitrogen and oxygen atoms in total. The van der Waals surface area contributed by atoms with E-state index in [-0.39, 0.29) is 5.04 Å². The van der Waals surface area contributed by atoms with E-state index in [0.29, 0.717) is 12.8 Å². The van der Waals surface area contributed by atoms with Crippen molar-refractivity contribution in [2.24, 2.45) is 0 Å². The highest BCUT2D eigenvalue weighted by Crippen LogP contribution is 2.37. The van der Waals surface area contributed by atoms with Crippen molar-refractivity contribution in [1.29, 1.82) is 0 Å². The monoisotopic (exact) mass is 339 g/mol. The second-order valence-corrected chi connectivity index (χ2v) is 12.2. The van der Waals surface area contributed by atoms with Gasteiger partial charge in [-0.1, -0.05) is 81.4 Å². The Bertz CT molecular complexity index is 607. The van der Waals surface area contributed by atoms with Crippen LogP contribution in [0.25, 0.3) is 0 Å². The zero-order chi connectivity index (χ0) is 17.2. The Morgan fingerprint density at radius 3 is 1.75 bits per heavy atom. The summed E-state index contributed by atoms with van der Waals surface area (Å²) in [4.78, 5) is 2.37. The Hall–Kier alpha value is -1.42. The second-order valence-electron chi connectivity index (χ2n) is 7.92. The molecule has 1 saturated carbocycles. The molecule has 1 aliphatic carbocycles. The Morgan fingerprint density at radius 1 is 0.917 bits per heavy atom. The van der Waals surface area contributed by atoms with Crippen LogP contribution in [0.2, 0.25) is 5.04 Å². The van der Waals surface area contributed by atoms with Gasteiger partial charge in [-0.3, -0.25) is 4.90 Å². The molecule has 0 unspecified atom stereocenters. The first-order valence-electron chi connectivity index (χ1n) is 8.90. The van der Waals surface area contributed by atoms with Crippen LogP contribution in [0.5, 0.6) is 0 Å². The third-order valence-corrected chi connectivity index (χ3v) is 10.0. The maximum atomic E-state index is 6.89. The van der Waals surface area contributed by atoms with Gasteiger partial charge in [0, 0.05) is 6.04 Å². The summed E-state index contributed by atoms with van der Waals surface area (Å²) in [5, 5.41) is 2.76. The average molecular weight is 340 g/mol. The smallest absolute Gasteiger partial charge is 0.262 e. The summed E-state index contributed by atoms with van der Waals surface area (Å²) in [6.45, 7) is 7.70. The van der Waals surface area contributed by atoms with E-state index in [2.05, 4.69) is 93.4 Å². The van der Waals surface area contributed by atoms with E-state index in [1.54, 1.807) is 0 Å². The Labute approximate surface area is 147 Å². The van der Waals surface area contributed by atoms with E-state index < -0.39 is 8.32 Å². The summed E-state index contributed by atoms with van der Waals surface area (Å²) < 4.78 is 6.89. The quantitative estimate of drug-likeness (QED) is 0.589. The van der Waals surface area contributed by atoms with Gasteiger partial charge in [0.2, 0.25) is 0 Å². The van der Waals surface area contributed by atoms with Gasteiger partial charge in [0.1, 0.15) is 0 Å². The number of benzene rings is 2. The van der Waals surface area contributed by atoms with Crippen LogP contribution in [-0.2, 0) is 4.43 Å². The molecule has 0 aromatic heterocycles. The van der Waals surface area contributed by atoms with Gasteiger partial charge in [0.05, 0.1) is 6.73 Å². The van der Waals surface area contributed by atoms with Crippen LogP contribution < -0.4 is 10.4 Å². The van der Waals surface area contributed by atoms with Crippen molar-refractivity contribution < 1.29 is 4.43 Å². The number of nitrogens with zero attached hydrogens (tertiary/aromatic N) is 1. The Balaban J connectivity index is 2.06. The van der Waals surface area contributed by atoms with E-state index in [9.17, 15) is 0 Å². The fourth-order valence-electron chi connectivity index (χ4n) is 3.58. The minimum absolute atomic E-state index is 0.0557. The lowest BCUT2D eigenvalue weighted by Gasteiger charge is -2.43. The van der Waals surface area contributed by atoms with E-state index in [1.807, 2.05) is 0 Å². The zero-order valence-electron chi connectivity index (χ0n) is 15.3. The molecule has 0 amide bonds. The molecule has 0 aliphatic heterocycles. The highest BCUT2D eigenvalue weighted by Gasteiger charge is 2.50. The van der Waals surface area contributed by atoms with Crippen LogP contribution in [0.3, 0.4) is 0 Å². The molecule has 0 N–H and O–H groups in total. The summed E-state index contributed by atoms with van der Waals surface area (Å²) in [7, 11) is -0.182. The molecule has 0 heterocycles. The molecule has 2 aromatic carbocycles. The second kappa shape index (κ2) is 6.83. The van der Waals surface area contributed by atoms with Gasteiger partial charge < -0.3 is 4.43 Å². The molecule has 1 aliphatic rings. The maximum Gasteiger partial charge on any atom is 0.262 e. The fourth-order valence-corrected chi connectivity index (χ4v) is 8.13. The standard InChI is InChI=1S/C21H29NOSi/c1-21(2,3)24(19-11-7-5-8-12-19,20-13-9-6-10-14-20)23-17-22(4)18-15-16-18/h5-14,18H,15-17H2,1-4H3. The minimum atomic E-state index is -2.37. The van der Waals surface area contributed by atoms with Crippen molar-refractivity contribution in [3.63, 3.8) is 0 Å². The Kier molecular flexibility index (Phi) is 4.95. The predicted molar refractivity (Wildman–Crippen MR) is 104 cm³/mol. The fraction of sp³-hybridized carbons (Fsp3) is 0.429. The molecule has 2 aromatic rings. The molecule has 128 valence electrons. The number of hydrogen-bond donors (Lipinski definition) is 0. The van der Waals surface area contributed by atoms with Crippen molar-refractivity contribution in [2.45, 2.75) is 44.7 Å². The molecule has 0 bridgehead atoms. The first-order chi connectivity index (χ1) is 11.4. The summed E-state index contributed by atoms with van der Waals surface area (Å²) in [5.41, 5.74) is 0.